The Kier molecular flexibility index (Phi) is 5.45. The zero-order valence-electron chi connectivity index (χ0n) is 9.33. The lowest BCUT2D eigenvalue weighted by molar-refractivity contribution is -0.136. The van der Waals surface area contributed by atoms with Gasteiger partial charge in [0.25, 0.3) is 0 Å². The molecule has 2 amide bonds. The van der Waals surface area contributed by atoms with Gasteiger partial charge in [0.1, 0.15) is 0 Å². The van der Waals surface area contributed by atoms with E-state index in [1.807, 2.05) is 0 Å². The molecular formula is C11H13ClN2O3. The molecule has 1 aromatic carbocycles. The lowest BCUT2D eigenvalue weighted by Crippen LogP contribution is -2.37. The van der Waals surface area contributed by atoms with Crippen molar-refractivity contribution in [1.29, 1.82) is 0 Å². The Balaban J connectivity index is 2.49. The minimum atomic E-state index is -0.755. The van der Waals surface area contributed by atoms with Crippen LogP contribution in [0.25, 0.3) is 0 Å². The molecule has 0 heterocycles. The van der Waals surface area contributed by atoms with Crippen LogP contribution in [-0.2, 0) is 14.3 Å². The monoisotopic (exact) mass is 256 g/mol. The van der Waals surface area contributed by atoms with E-state index in [4.69, 9.17) is 16.3 Å². The van der Waals surface area contributed by atoms with Gasteiger partial charge in [0.2, 0.25) is 0 Å². The van der Waals surface area contributed by atoms with Gasteiger partial charge < -0.3 is 15.4 Å². The Labute approximate surface area is 104 Å². The Bertz CT molecular complexity index is 409. The van der Waals surface area contributed by atoms with Crippen LogP contribution >= 0.6 is 11.6 Å². The number of benzene rings is 1. The number of halogens is 1. The van der Waals surface area contributed by atoms with Crippen molar-refractivity contribution in [3.8, 4) is 0 Å². The van der Waals surface area contributed by atoms with E-state index in [1.54, 1.807) is 24.3 Å². The number of hydrogen-bond acceptors (Lipinski definition) is 3. The largest absolute Gasteiger partial charge is 0.383 e. The first-order valence-corrected chi connectivity index (χ1v) is 5.35. The van der Waals surface area contributed by atoms with Crippen LogP contribution in [0.4, 0.5) is 5.69 Å². The van der Waals surface area contributed by atoms with Gasteiger partial charge in [-0.3, -0.25) is 9.59 Å². The van der Waals surface area contributed by atoms with Crippen molar-refractivity contribution in [3.05, 3.63) is 29.3 Å². The molecule has 0 bridgehead atoms. The summed E-state index contributed by atoms with van der Waals surface area (Å²) < 4.78 is 4.74. The maximum Gasteiger partial charge on any atom is 0.313 e. The van der Waals surface area contributed by atoms with E-state index in [0.717, 1.165) is 0 Å². The van der Waals surface area contributed by atoms with Crippen molar-refractivity contribution in [2.24, 2.45) is 0 Å². The van der Waals surface area contributed by atoms with E-state index < -0.39 is 11.8 Å². The highest BCUT2D eigenvalue weighted by atomic mass is 35.5. The normalized spacial score (nSPS) is 9.76. The van der Waals surface area contributed by atoms with Gasteiger partial charge in [0.15, 0.2) is 0 Å². The van der Waals surface area contributed by atoms with Crippen LogP contribution in [0, 0.1) is 0 Å². The third-order valence-electron chi connectivity index (χ3n) is 1.92. The third-order valence-corrected chi connectivity index (χ3v) is 2.25. The van der Waals surface area contributed by atoms with Gasteiger partial charge in [-0.05, 0) is 12.1 Å². The van der Waals surface area contributed by atoms with Crippen LogP contribution in [0.15, 0.2) is 24.3 Å². The lowest BCUT2D eigenvalue weighted by Gasteiger charge is -2.07. The highest BCUT2D eigenvalue weighted by molar-refractivity contribution is 6.41. The number of anilines is 1. The molecule has 0 saturated heterocycles. The predicted octanol–water partition coefficient (Wildman–Crippen LogP) is 1.04. The molecule has 0 aliphatic rings. The molecule has 0 atom stereocenters. The molecule has 0 spiro atoms. The topological polar surface area (TPSA) is 67.4 Å². The zero-order chi connectivity index (χ0) is 12.7. The maximum atomic E-state index is 11.4. The number of methoxy groups -OCH3 is 1. The van der Waals surface area contributed by atoms with Crippen molar-refractivity contribution in [1.82, 2.24) is 5.32 Å². The summed E-state index contributed by atoms with van der Waals surface area (Å²) in [5, 5.41) is 5.20. The average Bonchev–Trinajstić information content (AvgIpc) is 2.32. The van der Waals surface area contributed by atoms with Crippen molar-refractivity contribution < 1.29 is 14.3 Å². The van der Waals surface area contributed by atoms with E-state index in [1.165, 1.54) is 7.11 Å². The summed E-state index contributed by atoms with van der Waals surface area (Å²) in [6, 6.07) is 6.68. The van der Waals surface area contributed by atoms with Crippen molar-refractivity contribution >= 4 is 29.1 Å². The van der Waals surface area contributed by atoms with Gasteiger partial charge in [0.05, 0.1) is 17.3 Å². The minimum Gasteiger partial charge on any atom is -0.383 e. The summed E-state index contributed by atoms with van der Waals surface area (Å²) >= 11 is 5.83. The first kappa shape index (κ1) is 13.5. The summed E-state index contributed by atoms with van der Waals surface area (Å²) in [5.74, 6) is -1.48. The quantitative estimate of drug-likeness (QED) is 0.625. The number of carbonyl (C=O) groups excluding carboxylic acids is 2. The SMILES string of the molecule is COCCNC(=O)C(=O)Nc1ccccc1Cl. The smallest absolute Gasteiger partial charge is 0.313 e. The van der Waals surface area contributed by atoms with Crippen LogP contribution in [0.2, 0.25) is 5.02 Å². The van der Waals surface area contributed by atoms with E-state index >= 15 is 0 Å². The highest BCUT2D eigenvalue weighted by Crippen LogP contribution is 2.19. The van der Waals surface area contributed by atoms with Gasteiger partial charge >= 0.3 is 11.8 Å². The molecule has 1 rings (SSSR count). The highest BCUT2D eigenvalue weighted by Gasteiger charge is 2.13. The number of carbonyl (C=O) groups is 2. The van der Waals surface area contributed by atoms with Crippen molar-refractivity contribution in [2.45, 2.75) is 0 Å². The number of nitrogens with one attached hydrogen (secondary N) is 2. The molecule has 0 aromatic heterocycles. The molecule has 0 fully saturated rings. The Morgan fingerprint density at radius 3 is 2.65 bits per heavy atom. The fraction of sp³-hybridized carbons (Fsp3) is 0.273. The first-order chi connectivity index (χ1) is 8.15. The van der Waals surface area contributed by atoms with E-state index in [-0.39, 0.29) is 6.54 Å². The number of amides is 2. The second-order valence-electron chi connectivity index (χ2n) is 3.18. The number of para-hydroxylation sites is 1. The Morgan fingerprint density at radius 1 is 1.29 bits per heavy atom. The summed E-state index contributed by atoms with van der Waals surface area (Å²) in [4.78, 5) is 22.7. The molecule has 1 aromatic rings. The number of ether oxygens (including phenoxy) is 1. The molecule has 0 radical (unpaired) electrons. The molecular weight excluding hydrogens is 244 g/mol. The van der Waals surface area contributed by atoms with Crippen LogP contribution < -0.4 is 10.6 Å². The van der Waals surface area contributed by atoms with E-state index in [2.05, 4.69) is 10.6 Å². The van der Waals surface area contributed by atoms with Gasteiger partial charge in [-0.1, -0.05) is 23.7 Å². The second-order valence-corrected chi connectivity index (χ2v) is 3.59. The third kappa shape index (κ3) is 4.42. The first-order valence-electron chi connectivity index (χ1n) is 4.98. The van der Waals surface area contributed by atoms with Crippen LogP contribution in [0.5, 0.6) is 0 Å². The fourth-order valence-corrected chi connectivity index (χ4v) is 1.27. The van der Waals surface area contributed by atoms with Gasteiger partial charge in [-0.25, -0.2) is 0 Å². The fourth-order valence-electron chi connectivity index (χ4n) is 1.09. The maximum absolute atomic E-state index is 11.4. The molecule has 6 heteroatoms. The zero-order valence-corrected chi connectivity index (χ0v) is 10.1. The molecule has 0 aliphatic heterocycles. The van der Waals surface area contributed by atoms with Gasteiger partial charge in [0, 0.05) is 13.7 Å². The molecule has 17 heavy (non-hydrogen) atoms. The summed E-state index contributed by atoms with van der Waals surface area (Å²) in [7, 11) is 1.51. The molecule has 0 saturated carbocycles. The van der Waals surface area contributed by atoms with E-state index in [0.29, 0.717) is 17.3 Å². The summed E-state index contributed by atoms with van der Waals surface area (Å²) in [5.41, 5.74) is 0.404. The molecule has 0 unspecified atom stereocenters. The standard InChI is InChI=1S/C11H13ClN2O3/c1-17-7-6-13-10(15)11(16)14-9-5-3-2-4-8(9)12/h2-5H,6-7H2,1H3,(H,13,15)(H,14,16). The van der Waals surface area contributed by atoms with E-state index in [9.17, 15) is 9.59 Å². The second kappa shape index (κ2) is 6.88. The Hall–Kier alpha value is -1.59. The summed E-state index contributed by atoms with van der Waals surface area (Å²) in [6.07, 6.45) is 0. The lowest BCUT2D eigenvalue weighted by atomic mass is 10.3. The van der Waals surface area contributed by atoms with Crippen LogP contribution in [0.1, 0.15) is 0 Å². The average molecular weight is 257 g/mol. The van der Waals surface area contributed by atoms with Crippen LogP contribution in [-0.4, -0.2) is 32.1 Å². The van der Waals surface area contributed by atoms with Gasteiger partial charge in [-0.2, -0.15) is 0 Å². The van der Waals surface area contributed by atoms with Crippen molar-refractivity contribution in [2.75, 3.05) is 25.6 Å². The number of hydrogen-bond donors (Lipinski definition) is 2. The molecule has 0 aliphatic carbocycles. The van der Waals surface area contributed by atoms with Crippen LogP contribution in [0.3, 0.4) is 0 Å². The minimum absolute atomic E-state index is 0.283. The Morgan fingerprint density at radius 2 is 2.00 bits per heavy atom. The van der Waals surface area contributed by atoms with Crippen molar-refractivity contribution in [3.63, 3.8) is 0 Å². The molecule has 2 N–H and O–H groups in total. The molecule has 5 nitrogen and oxygen atoms in total. The predicted molar refractivity (Wildman–Crippen MR) is 65.0 cm³/mol. The van der Waals surface area contributed by atoms with Gasteiger partial charge in [-0.15, -0.1) is 0 Å². The number of rotatable bonds is 4. The molecule has 92 valence electrons. The summed E-state index contributed by atoms with van der Waals surface area (Å²) in [6.45, 7) is 0.635.